The number of aromatic nitrogens is 4. The molecule has 9 nitrogen and oxygen atoms in total. The van der Waals surface area contributed by atoms with Crippen molar-refractivity contribution in [1.82, 2.24) is 24.2 Å². The molecule has 1 aromatic carbocycles. The van der Waals surface area contributed by atoms with Crippen molar-refractivity contribution in [2.24, 2.45) is 0 Å². The molecule has 0 amide bonds. The topological polar surface area (TPSA) is 121 Å². The zero-order valence-electron chi connectivity index (χ0n) is 20.9. The minimum atomic E-state index is -4.63. The number of hydrogen-bond donors (Lipinski definition) is 2. The molecule has 38 heavy (non-hydrogen) atoms. The van der Waals surface area contributed by atoms with Gasteiger partial charge in [-0.3, -0.25) is 4.98 Å². The number of nitrogens with zero attached hydrogens (tertiary/aromatic N) is 5. The minimum Gasteiger partial charge on any atom is -0.388 e. The van der Waals surface area contributed by atoms with E-state index in [1.807, 2.05) is 0 Å². The molecule has 2 N–H and O–H groups in total. The smallest absolute Gasteiger partial charge is 0.388 e. The zero-order chi connectivity index (χ0) is 27.9. The van der Waals surface area contributed by atoms with Crippen LogP contribution in [0.2, 0.25) is 0 Å². The van der Waals surface area contributed by atoms with Gasteiger partial charge in [-0.2, -0.15) is 17.5 Å². The van der Waals surface area contributed by atoms with Crippen molar-refractivity contribution < 1.29 is 26.7 Å². The van der Waals surface area contributed by atoms with E-state index in [0.717, 1.165) is 6.07 Å². The van der Waals surface area contributed by atoms with Crippen LogP contribution in [0.3, 0.4) is 0 Å². The summed E-state index contributed by atoms with van der Waals surface area (Å²) in [7, 11) is -2.22. The third kappa shape index (κ3) is 5.44. The third-order valence-electron chi connectivity index (χ3n) is 5.82. The van der Waals surface area contributed by atoms with Gasteiger partial charge in [-0.25, -0.2) is 23.4 Å². The van der Waals surface area contributed by atoms with Gasteiger partial charge >= 0.3 is 6.18 Å². The van der Waals surface area contributed by atoms with Crippen LogP contribution in [-0.4, -0.2) is 50.4 Å². The van der Waals surface area contributed by atoms with E-state index in [1.54, 1.807) is 32.9 Å². The van der Waals surface area contributed by atoms with Gasteiger partial charge in [0.05, 0.1) is 21.5 Å². The van der Waals surface area contributed by atoms with Crippen LogP contribution in [0.15, 0.2) is 59.6 Å². The van der Waals surface area contributed by atoms with E-state index in [1.165, 1.54) is 47.9 Å². The second-order valence-electron chi connectivity index (χ2n) is 9.40. The van der Waals surface area contributed by atoms with Crippen molar-refractivity contribution in [1.29, 1.82) is 0 Å². The summed E-state index contributed by atoms with van der Waals surface area (Å²) in [4.78, 5) is 16.7. The summed E-state index contributed by atoms with van der Waals surface area (Å²) >= 11 is 0. The molecule has 0 atom stereocenters. The number of aliphatic hydroxyl groups is 1. The van der Waals surface area contributed by atoms with Crippen molar-refractivity contribution in [3.05, 3.63) is 66.1 Å². The summed E-state index contributed by atoms with van der Waals surface area (Å²) in [6.45, 7) is 4.83. The van der Waals surface area contributed by atoms with Crippen molar-refractivity contribution in [2.75, 3.05) is 12.4 Å². The highest BCUT2D eigenvalue weighted by Gasteiger charge is 2.35. The number of rotatable bonds is 6. The van der Waals surface area contributed by atoms with Crippen LogP contribution < -0.4 is 5.32 Å². The number of sulfonamides is 1. The predicted octanol–water partition coefficient (Wildman–Crippen LogP) is 4.76. The lowest BCUT2D eigenvalue weighted by molar-refractivity contribution is -0.137. The maximum absolute atomic E-state index is 13.5. The molecule has 0 aliphatic rings. The Kier molecular flexibility index (Phi) is 7.12. The summed E-state index contributed by atoms with van der Waals surface area (Å²) in [6, 6.07) is 11.0. The molecule has 0 aliphatic carbocycles. The van der Waals surface area contributed by atoms with E-state index in [9.17, 15) is 26.7 Å². The highest BCUT2D eigenvalue weighted by molar-refractivity contribution is 7.89. The predicted molar refractivity (Wildman–Crippen MR) is 136 cm³/mol. The summed E-state index contributed by atoms with van der Waals surface area (Å²) in [5.41, 5.74) is -1.41. The molecular formula is C25H25F3N6O3S. The molecule has 0 saturated heterocycles. The van der Waals surface area contributed by atoms with Gasteiger partial charge in [0, 0.05) is 24.5 Å². The van der Waals surface area contributed by atoms with Gasteiger partial charge in [-0.15, -0.1) is 0 Å². The summed E-state index contributed by atoms with van der Waals surface area (Å²) in [5.74, 6) is 0.227. The molecule has 0 fully saturated rings. The molecule has 0 unspecified atom stereocenters. The van der Waals surface area contributed by atoms with Crippen molar-refractivity contribution >= 4 is 32.6 Å². The van der Waals surface area contributed by atoms with Gasteiger partial charge in [-0.1, -0.05) is 0 Å². The van der Waals surface area contributed by atoms with E-state index in [0.29, 0.717) is 11.1 Å². The van der Waals surface area contributed by atoms with Crippen molar-refractivity contribution in [3.8, 4) is 11.4 Å². The molecule has 4 rings (SSSR count). The Morgan fingerprint density at radius 2 is 1.66 bits per heavy atom. The van der Waals surface area contributed by atoms with Crippen molar-refractivity contribution in [3.63, 3.8) is 0 Å². The van der Waals surface area contributed by atoms with Crippen LogP contribution >= 0.6 is 0 Å². The molecule has 3 aromatic heterocycles. The highest BCUT2D eigenvalue weighted by Crippen LogP contribution is 2.36. The fourth-order valence-electron chi connectivity index (χ4n) is 3.56. The van der Waals surface area contributed by atoms with Gasteiger partial charge < -0.3 is 10.4 Å². The Hall–Kier alpha value is -3.68. The standard InChI is InChI=1S/C25H25F3N6O3S/c1-24(2,3)34(4)38(36,37)16-9-7-15(8-10-16)30-22-17-11-12-19(31-23(17)33-20(14-35)32-22)21-18(25(26,27)28)6-5-13-29-21/h5-13,35H,14H2,1-4H3,(H,30,31,32,33). The van der Waals surface area contributed by atoms with Gasteiger partial charge in [0.15, 0.2) is 11.5 Å². The first kappa shape index (κ1) is 27.4. The van der Waals surface area contributed by atoms with Crippen LogP contribution in [0.1, 0.15) is 32.2 Å². The van der Waals surface area contributed by atoms with E-state index in [-0.39, 0.29) is 33.6 Å². The van der Waals surface area contributed by atoms with E-state index < -0.39 is 33.9 Å². The molecule has 4 aromatic rings. The lowest BCUT2D eigenvalue weighted by Gasteiger charge is -2.30. The zero-order valence-corrected chi connectivity index (χ0v) is 21.8. The number of anilines is 2. The largest absolute Gasteiger partial charge is 0.418 e. The Bertz CT molecular complexity index is 1590. The van der Waals surface area contributed by atoms with Crippen LogP contribution in [0.25, 0.3) is 22.4 Å². The molecule has 13 heteroatoms. The SMILES string of the molecule is CN(C(C)(C)C)S(=O)(=O)c1ccc(Nc2nc(CO)nc3nc(-c4ncccc4C(F)(F)F)ccc23)cc1. The molecule has 0 aliphatic heterocycles. The van der Waals surface area contributed by atoms with E-state index in [2.05, 4.69) is 25.3 Å². The normalized spacial score (nSPS) is 12.8. The van der Waals surface area contributed by atoms with Crippen LogP contribution in [0, 0.1) is 0 Å². The Balaban J connectivity index is 1.72. The number of aliphatic hydroxyl groups excluding tert-OH is 1. The molecule has 0 spiro atoms. The Morgan fingerprint density at radius 1 is 0.974 bits per heavy atom. The Labute approximate surface area is 217 Å². The summed E-state index contributed by atoms with van der Waals surface area (Å²) < 4.78 is 67.6. The lowest BCUT2D eigenvalue weighted by Crippen LogP contribution is -2.42. The van der Waals surface area contributed by atoms with E-state index in [4.69, 9.17) is 0 Å². The number of hydrogen-bond acceptors (Lipinski definition) is 8. The van der Waals surface area contributed by atoms with Crippen LogP contribution in [-0.2, 0) is 22.8 Å². The number of halogens is 3. The number of pyridine rings is 2. The molecule has 0 saturated carbocycles. The number of benzene rings is 1. The number of alkyl halides is 3. The molecule has 200 valence electrons. The quantitative estimate of drug-likeness (QED) is 0.355. The van der Waals surface area contributed by atoms with Crippen LogP contribution in [0.4, 0.5) is 24.7 Å². The molecular weight excluding hydrogens is 521 g/mol. The first-order chi connectivity index (χ1) is 17.7. The van der Waals surface area contributed by atoms with Gasteiger partial charge in [0.2, 0.25) is 10.0 Å². The summed E-state index contributed by atoms with van der Waals surface area (Å²) in [6.07, 6.45) is -3.39. The molecule has 0 bridgehead atoms. The second kappa shape index (κ2) is 9.89. The minimum absolute atomic E-state index is 0.00674. The first-order valence-corrected chi connectivity index (χ1v) is 12.8. The van der Waals surface area contributed by atoms with Crippen molar-refractivity contribution in [2.45, 2.75) is 44.0 Å². The monoisotopic (exact) mass is 546 g/mol. The fourth-order valence-corrected chi connectivity index (χ4v) is 5.07. The number of fused-ring (bicyclic) bond motifs is 1. The first-order valence-electron chi connectivity index (χ1n) is 11.4. The fraction of sp³-hybridized carbons (Fsp3) is 0.280. The Morgan fingerprint density at radius 3 is 2.26 bits per heavy atom. The maximum Gasteiger partial charge on any atom is 0.418 e. The van der Waals surface area contributed by atoms with Gasteiger partial charge in [0.1, 0.15) is 18.1 Å². The average Bonchev–Trinajstić information content (AvgIpc) is 2.87. The molecule has 3 heterocycles. The lowest BCUT2D eigenvalue weighted by atomic mass is 10.1. The average molecular weight is 547 g/mol. The maximum atomic E-state index is 13.5. The second-order valence-corrected chi connectivity index (χ2v) is 11.4. The third-order valence-corrected chi connectivity index (χ3v) is 7.96. The highest BCUT2D eigenvalue weighted by atomic mass is 32.2. The number of nitrogens with one attached hydrogen (secondary N) is 1. The van der Waals surface area contributed by atoms with Gasteiger partial charge in [-0.05, 0) is 69.3 Å². The molecule has 0 radical (unpaired) electrons. The van der Waals surface area contributed by atoms with Gasteiger partial charge in [0.25, 0.3) is 0 Å². The van der Waals surface area contributed by atoms with E-state index >= 15 is 0 Å². The van der Waals surface area contributed by atoms with Crippen LogP contribution in [0.5, 0.6) is 0 Å². The summed E-state index contributed by atoms with van der Waals surface area (Å²) in [5, 5.41) is 13.1.